The lowest BCUT2D eigenvalue weighted by Crippen LogP contribution is -2.37. The minimum atomic E-state index is -3.43. The Balaban J connectivity index is 1.74. The summed E-state index contributed by atoms with van der Waals surface area (Å²) in [6, 6.07) is 2.39. The van der Waals surface area contributed by atoms with Gasteiger partial charge in [-0.3, -0.25) is 4.79 Å². The average Bonchev–Trinajstić information content (AvgIpc) is 2.86. The van der Waals surface area contributed by atoms with Gasteiger partial charge in [-0.1, -0.05) is 6.42 Å². The van der Waals surface area contributed by atoms with Gasteiger partial charge >= 0.3 is 5.97 Å². The smallest absolute Gasteiger partial charge is 0.371 e. The molecule has 1 aliphatic rings. The molecule has 1 fully saturated rings. The Hall–Kier alpha value is -1.87. The van der Waals surface area contributed by atoms with E-state index in [-0.39, 0.29) is 23.8 Å². The van der Waals surface area contributed by atoms with E-state index in [0.717, 1.165) is 25.3 Å². The normalized spacial score (nSPS) is 15.3. The molecule has 22 heavy (non-hydrogen) atoms. The lowest BCUT2D eigenvalue weighted by molar-refractivity contribution is 0.0659. The van der Waals surface area contributed by atoms with Gasteiger partial charge in [0.1, 0.15) is 0 Å². The Kier molecular flexibility index (Phi) is 5.19. The summed E-state index contributed by atoms with van der Waals surface area (Å²) in [5.41, 5.74) is 0. The molecule has 0 atom stereocenters. The number of aromatic carboxylic acids is 1. The molecule has 0 aliphatic heterocycles. The number of hydrogen-bond acceptors (Lipinski definition) is 5. The van der Waals surface area contributed by atoms with Crippen LogP contribution in [0.2, 0.25) is 0 Å². The van der Waals surface area contributed by atoms with Crippen LogP contribution in [0, 0.1) is 5.92 Å². The van der Waals surface area contributed by atoms with Crippen LogP contribution in [0.25, 0.3) is 0 Å². The van der Waals surface area contributed by atoms with E-state index in [4.69, 9.17) is 9.52 Å². The van der Waals surface area contributed by atoms with Crippen molar-refractivity contribution in [3.05, 3.63) is 23.7 Å². The molecule has 0 unspecified atom stereocenters. The van der Waals surface area contributed by atoms with Crippen molar-refractivity contribution in [1.82, 2.24) is 10.0 Å². The summed E-state index contributed by atoms with van der Waals surface area (Å²) in [4.78, 5) is 22.3. The maximum absolute atomic E-state index is 11.7. The summed E-state index contributed by atoms with van der Waals surface area (Å²) in [7, 11) is -3.43. The molecule has 1 saturated carbocycles. The lowest BCUT2D eigenvalue weighted by Gasteiger charge is -2.25. The molecular weight excluding hydrogens is 312 g/mol. The zero-order valence-electron chi connectivity index (χ0n) is 11.9. The SMILES string of the molecule is O=C(O)c1ccc(C(=O)NCCS(=O)(=O)NCC2CCC2)o1. The van der Waals surface area contributed by atoms with Gasteiger partial charge in [0, 0.05) is 13.1 Å². The fourth-order valence-electron chi connectivity index (χ4n) is 1.97. The zero-order chi connectivity index (χ0) is 16.2. The quantitative estimate of drug-likeness (QED) is 0.634. The Labute approximate surface area is 127 Å². The number of rotatable bonds is 8. The van der Waals surface area contributed by atoms with Crippen LogP contribution in [0.4, 0.5) is 0 Å². The molecule has 0 saturated heterocycles. The zero-order valence-corrected chi connectivity index (χ0v) is 12.7. The van der Waals surface area contributed by atoms with Crippen molar-refractivity contribution in [3.63, 3.8) is 0 Å². The lowest BCUT2D eigenvalue weighted by atomic mass is 9.86. The molecule has 0 spiro atoms. The maximum Gasteiger partial charge on any atom is 0.371 e. The fraction of sp³-hybridized carbons (Fsp3) is 0.538. The first kappa shape index (κ1) is 16.5. The molecule has 1 aromatic rings. The van der Waals surface area contributed by atoms with E-state index >= 15 is 0 Å². The van der Waals surface area contributed by atoms with E-state index in [0.29, 0.717) is 12.5 Å². The Morgan fingerprint density at radius 1 is 1.27 bits per heavy atom. The highest BCUT2D eigenvalue weighted by molar-refractivity contribution is 7.89. The van der Waals surface area contributed by atoms with Gasteiger partial charge in [0.05, 0.1) is 5.75 Å². The summed E-state index contributed by atoms with van der Waals surface area (Å²) >= 11 is 0. The third-order valence-electron chi connectivity index (χ3n) is 3.51. The third kappa shape index (κ3) is 4.57. The number of nitrogens with one attached hydrogen (secondary N) is 2. The molecule has 8 nitrogen and oxygen atoms in total. The van der Waals surface area contributed by atoms with Crippen LogP contribution in [0.1, 0.15) is 40.4 Å². The molecule has 2 rings (SSSR count). The topological polar surface area (TPSA) is 126 Å². The van der Waals surface area contributed by atoms with Crippen LogP contribution < -0.4 is 10.0 Å². The second-order valence-electron chi connectivity index (χ2n) is 5.19. The molecule has 0 radical (unpaired) electrons. The number of carboxylic acids is 1. The number of amides is 1. The van der Waals surface area contributed by atoms with Gasteiger partial charge in [0.2, 0.25) is 15.8 Å². The molecule has 122 valence electrons. The van der Waals surface area contributed by atoms with Crippen molar-refractivity contribution in [2.75, 3.05) is 18.8 Å². The molecule has 0 bridgehead atoms. The molecule has 1 amide bonds. The molecular formula is C13H18N2O6S. The molecule has 1 aromatic heterocycles. The van der Waals surface area contributed by atoms with Gasteiger partial charge < -0.3 is 14.8 Å². The Bertz CT molecular complexity index is 647. The largest absolute Gasteiger partial charge is 0.475 e. The van der Waals surface area contributed by atoms with Crippen molar-refractivity contribution >= 4 is 21.9 Å². The van der Waals surface area contributed by atoms with Crippen molar-refractivity contribution < 1.29 is 27.5 Å². The summed E-state index contributed by atoms with van der Waals surface area (Å²) in [6.45, 7) is 0.359. The second kappa shape index (κ2) is 6.93. The van der Waals surface area contributed by atoms with E-state index in [9.17, 15) is 18.0 Å². The van der Waals surface area contributed by atoms with Gasteiger partial charge in [0.15, 0.2) is 5.76 Å². The highest BCUT2D eigenvalue weighted by Crippen LogP contribution is 2.25. The predicted molar refractivity (Wildman–Crippen MR) is 77.1 cm³/mol. The van der Waals surface area contributed by atoms with Gasteiger partial charge in [-0.15, -0.1) is 0 Å². The summed E-state index contributed by atoms with van der Waals surface area (Å²) in [5, 5.41) is 11.1. The predicted octanol–water partition coefficient (Wildman–Crippen LogP) is 0.427. The number of carboxylic acid groups (broad SMARTS) is 1. The minimum Gasteiger partial charge on any atom is -0.475 e. The molecule has 9 heteroatoms. The van der Waals surface area contributed by atoms with Gasteiger partial charge in [-0.25, -0.2) is 17.9 Å². The summed E-state index contributed by atoms with van der Waals surface area (Å²) in [5.74, 6) is -2.26. The average molecular weight is 330 g/mol. The Morgan fingerprint density at radius 3 is 2.50 bits per heavy atom. The highest BCUT2D eigenvalue weighted by Gasteiger charge is 2.20. The first-order chi connectivity index (χ1) is 10.4. The Morgan fingerprint density at radius 2 is 1.95 bits per heavy atom. The van der Waals surface area contributed by atoms with Crippen LogP contribution in [0.15, 0.2) is 16.5 Å². The van der Waals surface area contributed by atoms with Crippen LogP contribution in [0.5, 0.6) is 0 Å². The van der Waals surface area contributed by atoms with E-state index < -0.39 is 21.9 Å². The number of carbonyl (C=O) groups is 2. The van der Waals surface area contributed by atoms with Gasteiger partial charge in [-0.2, -0.15) is 0 Å². The van der Waals surface area contributed by atoms with Crippen molar-refractivity contribution in [3.8, 4) is 0 Å². The number of furan rings is 1. The van der Waals surface area contributed by atoms with E-state index in [1.165, 1.54) is 6.07 Å². The molecule has 1 heterocycles. The summed E-state index contributed by atoms with van der Waals surface area (Å²) in [6.07, 6.45) is 3.23. The van der Waals surface area contributed by atoms with E-state index in [2.05, 4.69) is 10.0 Å². The standard InChI is InChI=1S/C13H18N2O6S/c16-12(10-4-5-11(21-10)13(17)18)14-6-7-22(19,20)15-8-9-2-1-3-9/h4-5,9,15H,1-3,6-8H2,(H,14,16)(H,17,18). The van der Waals surface area contributed by atoms with Gasteiger partial charge in [-0.05, 0) is 30.9 Å². The fourth-order valence-corrected chi connectivity index (χ4v) is 2.98. The van der Waals surface area contributed by atoms with Crippen LogP contribution in [-0.2, 0) is 10.0 Å². The van der Waals surface area contributed by atoms with Crippen LogP contribution in [0.3, 0.4) is 0 Å². The monoisotopic (exact) mass is 330 g/mol. The second-order valence-corrected chi connectivity index (χ2v) is 7.12. The number of carbonyl (C=O) groups excluding carboxylic acids is 1. The van der Waals surface area contributed by atoms with Crippen molar-refractivity contribution in [1.29, 1.82) is 0 Å². The minimum absolute atomic E-state index is 0.0814. The number of sulfonamides is 1. The molecule has 3 N–H and O–H groups in total. The summed E-state index contributed by atoms with van der Waals surface area (Å²) < 4.78 is 30.8. The van der Waals surface area contributed by atoms with Gasteiger partial charge in [0.25, 0.3) is 5.91 Å². The van der Waals surface area contributed by atoms with Crippen molar-refractivity contribution in [2.45, 2.75) is 19.3 Å². The highest BCUT2D eigenvalue weighted by atomic mass is 32.2. The van der Waals surface area contributed by atoms with E-state index in [1.54, 1.807) is 0 Å². The van der Waals surface area contributed by atoms with Crippen LogP contribution in [-0.4, -0.2) is 44.2 Å². The maximum atomic E-state index is 11.7. The first-order valence-corrected chi connectivity index (χ1v) is 8.61. The molecule has 0 aromatic carbocycles. The number of hydrogen-bond donors (Lipinski definition) is 3. The van der Waals surface area contributed by atoms with Crippen LogP contribution >= 0.6 is 0 Å². The molecule has 1 aliphatic carbocycles. The first-order valence-electron chi connectivity index (χ1n) is 6.96. The third-order valence-corrected chi connectivity index (χ3v) is 4.86. The van der Waals surface area contributed by atoms with Crippen molar-refractivity contribution in [2.24, 2.45) is 5.92 Å². The van der Waals surface area contributed by atoms with E-state index in [1.807, 2.05) is 0 Å².